The van der Waals surface area contributed by atoms with E-state index in [0.717, 1.165) is 0 Å². The van der Waals surface area contributed by atoms with Crippen LogP contribution in [0.25, 0.3) is 0 Å². The summed E-state index contributed by atoms with van der Waals surface area (Å²) in [5.74, 6) is 0.841. The van der Waals surface area contributed by atoms with E-state index in [1.165, 1.54) is 18.6 Å². The molecule has 7 heteroatoms. The third-order valence-electron chi connectivity index (χ3n) is 1.30. The lowest BCUT2D eigenvalue weighted by Crippen LogP contribution is -2.24. The minimum absolute atomic E-state index is 0.319. The molecule has 0 amide bonds. The Hall–Kier alpha value is -2.20. The van der Waals surface area contributed by atoms with Crippen LogP contribution in [-0.4, -0.2) is 15.1 Å². The van der Waals surface area contributed by atoms with E-state index in [4.69, 9.17) is 23.2 Å². The number of nitrogens with two attached hydrogens (primary N) is 1. The summed E-state index contributed by atoms with van der Waals surface area (Å²) in [6.45, 7) is 0. The summed E-state index contributed by atoms with van der Waals surface area (Å²) >= 11 is 4.91. The van der Waals surface area contributed by atoms with Crippen molar-refractivity contribution in [3.8, 4) is 6.07 Å². The van der Waals surface area contributed by atoms with Crippen LogP contribution in [0.15, 0.2) is 24.7 Å². The number of anilines is 2. The van der Waals surface area contributed by atoms with Gasteiger partial charge in [0.15, 0.2) is 5.11 Å². The number of hydrogen-bond donors (Lipinski definition) is 3. The molecular formula is C8H8N6S. The molecule has 1 heterocycles. The van der Waals surface area contributed by atoms with Gasteiger partial charge in [-0.05, 0) is 12.2 Å². The second kappa shape index (κ2) is 5.51. The average Bonchev–Trinajstić information content (AvgIpc) is 2.18. The minimum atomic E-state index is 0.319. The number of hydrogen-bond acceptors (Lipinski definition) is 5. The van der Waals surface area contributed by atoms with Gasteiger partial charge in [-0.15, -0.1) is 0 Å². The van der Waals surface area contributed by atoms with E-state index in [2.05, 4.69) is 20.6 Å². The van der Waals surface area contributed by atoms with Crippen molar-refractivity contribution in [2.45, 2.75) is 0 Å². The van der Waals surface area contributed by atoms with E-state index in [0.29, 0.717) is 16.7 Å². The number of nitrogens with one attached hydrogen (secondary N) is 2. The van der Waals surface area contributed by atoms with Crippen LogP contribution < -0.4 is 16.4 Å². The Morgan fingerprint density at radius 1 is 1.60 bits per heavy atom. The van der Waals surface area contributed by atoms with Crippen molar-refractivity contribution < 1.29 is 0 Å². The molecule has 0 aromatic carbocycles. The van der Waals surface area contributed by atoms with E-state index in [-0.39, 0.29) is 0 Å². The maximum Gasteiger partial charge on any atom is 0.175 e. The first kappa shape index (κ1) is 10.9. The van der Waals surface area contributed by atoms with Gasteiger partial charge in [-0.2, -0.15) is 5.26 Å². The van der Waals surface area contributed by atoms with Gasteiger partial charge in [0.05, 0.1) is 6.07 Å². The van der Waals surface area contributed by atoms with Crippen molar-refractivity contribution in [3.63, 3.8) is 0 Å². The number of thiocarbonyl (C=S) groups is 1. The monoisotopic (exact) mass is 220 g/mol. The van der Waals surface area contributed by atoms with E-state index in [1.54, 1.807) is 6.07 Å². The highest BCUT2D eigenvalue weighted by Crippen LogP contribution is 2.03. The normalized spacial score (nSPS) is 9.53. The molecule has 0 aliphatic heterocycles. The van der Waals surface area contributed by atoms with E-state index < -0.39 is 0 Å². The molecule has 1 aromatic heterocycles. The molecule has 1 rings (SSSR count). The van der Waals surface area contributed by atoms with Crippen LogP contribution >= 0.6 is 12.2 Å². The Balaban J connectivity index is 2.52. The molecule has 0 atom stereocenters. The smallest absolute Gasteiger partial charge is 0.175 e. The first-order chi connectivity index (χ1) is 7.22. The predicted octanol–water partition coefficient (Wildman–Crippen LogP) is 0.382. The third kappa shape index (κ3) is 4.02. The second-order valence-corrected chi connectivity index (χ2v) is 2.80. The summed E-state index contributed by atoms with van der Waals surface area (Å²) in [4.78, 5) is 7.62. The average molecular weight is 220 g/mol. The number of allylic oxidation sites excluding steroid dienone is 1. The quantitative estimate of drug-likeness (QED) is 0.489. The van der Waals surface area contributed by atoms with Crippen molar-refractivity contribution >= 4 is 29.0 Å². The van der Waals surface area contributed by atoms with Gasteiger partial charge in [-0.25, -0.2) is 9.97 Å². The molecule has 0 aliphatic carbocycles. The molecule has 0 saturated heterocycles. The van der Waals surface area contributed by atoms with Gasteiger partial charge in [0.25, 0.3) is 0 Å². The third-order valence-corrected chi connectivity index (χ3v) is 1.52. The highest BCUT2D eigenvalue weighted by Gasteiger charge is 1.97. The number of aromatic nitrogens is 2. The zero-order valence-corrected chi connectivity index (χ0v) is 8.45. The molecular weight excluding hydrogens is 212 g/mol. The summed E-state index contributed by atoms with van der Waals surface area (Å²) < 4.78 is 0. The summed E-state index contributed by atoms with van der Waals surface area (Å²) in [6, 6.07) is 3.36. The second-order valence-electron chi connectivity index (χ2n) is 2.39. The van der Waals surface area contributed by atoms with Crippen molar-refractivity contribution in [2.24, 2.45) is 0 Å². The maximum absolute atomic E-state index is 8.23. The molecule has 6 nitrogen and oxygen atoms in total. The van der Waals surface area contributed by atoms with Crippen LogP contribution in [0.5, 0.6) is 0 Å². The van der Waals surface area contributed by atoms with Gasteiger partial charge < -0.3 is 16.4 Å². The van der Waals surface area contributed by atoms with Crippen molar-refractivity contribution in [3.05, 3.63) is 24.7 Å². The Kier molecular flexibility index (Phi) is 4.00. The highest BCUT2D eigenvalue weighted by atomic mass is 32.1. The van der Waals surface area contributed by atoms with Crippen LogP contribution in [-0.2, 0) is 0 Å². The SMILES string of the molecule is N#C/C=C/NC(=S)Nc1cc(N)ncn1. The zero-order valence-electron chi connectivity index (χ0n) is 7.64. The van der Waals surface area contributed by atoms with Crippen LogP contribution in [0.3, 0.4) is 0 Å². The maximum atomic E-state index is 8.23. The van der Waals surface area contributed by atoms with Gasteiger partial charge in [0.1, 0.15) is 18.0 Å². The Labute approximate surface area is 91.8 Å². The molecule has 1 aromatic rings. The summed E-state index contributed by atoms with van der Waals surface area (Å²) in [5.41, 5.74) is 5.44. The summed E-state index contributed by atoms with van der Waals surface area (Å²) in [5, 5.41) is 14.0. The molecule has 76 valence electrons. The predicted molar refractivity (Wildman–Crippen MR) is 60.6 cm³/mol. The Morgan fingerprint density at radius 3 is 3.07 bits per heavy atom. The van der Waals surface area contributed by atoms with Gasteiger partial charge in [0.2, 0.25) is 0 Å². The first-order valence-electron chi connectivity index (χ1n) is 3.92. The van der Waals surface area contributed by atoms with Gasteiger partial charge in [0, 0.05) is 18.3 Å². The molecule has 0 saturated carbocycles. The molecule has 0 unspecified atom stereocenters. The number of nitrogens with zero attached hydrogens (tertiary/aromatic N) is 3. The number of rotatable bonds is 2. The Bertz CT molecular complexity index is 421. The van der Waals surface area contributed by atoms with Crippen molar-refractivity contribution in [1.29, 1.82) is 5.26 Å². The zero-order chi connectivity index (χ0) is 11.1. The lowest BCUT2D eigenvalue weighted by molar-refractivity contribution is 1.17. The molecule has 0 aliphatic rings. The van der Waals surface area contributed by atoms with E-state index in [1.807, 2.05) is 6.07 Å². The minimum Gasteiger partial charge on any atom is -0.384 e. The lowest BCUT2D eigenvalue weighted by Gasteiger charge is -2.05. The summed E-state index contributed by atoms with van der Waals surface area (Å²) in [6.07, 6.45) is 4.01. The molecule has 0 spiro atoms. The van der Waals surface area contributed by atoms with Gasteiger partial charge in [-0.3, -0.25) is 0 Å². The van der Waals surface area contributed by atoms with E-state index in [9.17, 15) is 0 Å². The van der Waals surface area contributed by atoms with Crippen LogP contribution in [0, 0.1) is 11.3 Å². The molecule has 0 bridgehead atoms. The fourth-order valence-electron chi connectivity index (χ4n) is 0.748. The van der Waals surface area contributed by atoms with Gasteiger partial charge >= 0.3 is 0 Å². The fourth-order valence-corrected chi connectivity index (χ4v) is 0.920. The fraction of sp³-hybridized carbons (Fsp3) is 0. The topological polar surface area (TPSA) is 99.7 Å². The summed E-state index contributed by atoms with van der Waals surface area (Å²) in [7, 11) is 0. The van der Waals surface area contributed by atoms with Crippen molar-refractivity contribution in [2.75, 3.05) is 11.1 Å². The first-order valence-corrected chi connectivity index (χ1v) is 4.33. The van der Waals surface area contributed by atoms with Crippen LogP contribution in [0.2, 0.25) is 0 Å². The van der Waals surface area contributed by atoms with Crippen LogP contribution in [0.4, 0.5) is 11.6 Å². The molecule has 0 fully saturated rings. The molecule has 0 radical (unpaired) electrons. The lowest BCUT2D eigenvalue weighted by atomic mass is 10.5. The molecule has 4 N–H and O–H groups in total. The van der Waals surface area contributed by atoms with Gasteiger partial charge in [-0.1, -0.05) is 0 Å². The number of nitrogen functional groups attached to an aromatic ring is 1. The largest absolute Gasteiger partial charge is 0.384 e. The standard InChI is InChI=1S/C8H8N6S/c9-2-1-3-11-8(15)14-7-4-6(10)12-5-13-7/h1,3-5H,(H4,10,11,12,13,14,15)/b3-1+. The molecule has 15 heavy (non-hydrogen) atoms. The highest BCUT2D eigenvalue weighted by molar-refractivity contribution is 7.80. The number of nitriles is 1. The van der Waals surface area contributed by atoms with Crippen molar-refractivity contribution in [1.82, 2.24) is 15.3 Å². The van der Waals surface area contributed by atoms with Crippen LogP contribution in [0.1, 0.15) is 0 Å². The Morgan fingerprint density at radius 2 is 2.40 bits per heavy atom. The van der Waals surface area contributed by atoms with E-state index >= 15 is 0 Å².